The molecule has 0 unspecified atom stereocenters. The number of nitrogens with one attached hydrogen (secondary N) is 1. The van der Waals surface area contributed by atoms with Crippen LogP contribution in [0.4, 0.5) is 5.95 Å². The average molecular weight is 381 g/mol. The number of hydrazone groups is 1. The quantitative estimate of drug-likeness (QED) is 0.553. The van der Waals surface area contributed by atoms with Crippen LogP contribution in [0.3, 0.4) is 0 Å². The Morgan fingerprint density at radius 2 is 1.84 bits per heavy atom. The summed E-state index contributed by atoms with van der Waals surface area (Å²) in [4.78, 5) is 28.6. The molecule has 1 N–H and O–H groups in total. The van der Waals surface area contributed by atoms with E-state index in [0.29, 0.717) is 27.1 Å². The molecule has 0 atom stereocenters. The highest BCUT2D eigenvalue weighted by atomic mass is 35.5. The summed E-state index contributed by atoms with van der Waals surface area (Å²) in [5.74, 6) is 0.314. The lowest BCUT2D eigenvalue weighted by Crippen LogP contribution is -2.37. The molecule has 3 aromatic rings. The van der Waals surface area contributed by atoms with Crippen LogP contribution in [-0.2, 0) is 21.1 Å². The summed E-state index contributed by atoms with van der Waals surface area (Å²) in [6, 6.07) is 5.03. The van der Waals surface area contributed by atoms with E-state index in [0.717, 1.165) is 4.57 Å². The number of halogens is 2. The van der Waals surface area contributed by atoms with Gasteiger partial charge in [0.25, 0.3) is 5.56 Å². The molecule has 10 heteroatoms. The number of hydrogen-bond acceptors (Lipinski definition) is 5. The highest BCUT2D eigenvalue weighted by Gasteiger charge is 2.16. The second-order valence-corrected chi connectivity index (χ2v) is 6.25. The third-order valence-corrected chi connectivity index (χ3v) is 4.37. The second-order valence-electron chi connectivity index (χ2n) is 5.41. The summed E-state index contributed by atoms with van der Waals surface area (Å²) >= 11 is 11.9. The largest absolute Gasteiger partial charge is 0.332 e. The molecule has 1 aromatic carbocycles. The maximum atomic E-state index is 12.3. The fraction of sp³-hybridized carbons (Fsp3) is 0.200. The van der Waals surface area contributed by atoms with E-state index in [4.69, 9.17) is 23.2 Å². The highest BCUT2D eigenvalue weighted by molar-refractivity contribution is 6.36. The lowest BCUT2D eigenvalue weighted by atomic mass is 10.2. The molecular weight excluding hydrogens is 367 g/mol. The van der Waals surface area contributed by atoms with Crippen molar-refractivity contribution in [2.75, 3.05) is 5.43 Å². The summed E-state index contributed by atoms with van der Waals surface area (Å²) in [7, 11) is 4.64. The van der Waals surface area contributed by atoms with E-state index in [-0.39, 0.29) is 5.65 Å². The van der Waals surface area contributed by atoms with Crippen molar-refractivity contribution < 1.29 is 0 Å². The van der Waals surface area contributed by atoms with E-state index in [1.165, 1.54) is 22.4 Å². The van der Waals surface area contributed by atoms with Gasteiger partial charge in [-0.3, -0.25) is 13.9 Å². The number of benzene rings is 1. The van der Waals surface area contributed by atoms with Crippen LogP contribution in [0.25, 0.3) is 11.2 Å². The summed E-state index contributed by atoms with van der Waals surface area (Å²) in [5.41, 5.74) is 3.12. The number of anilines is 1. The molecular formula is C15H14Cl2N6O2. The van der Waals surface area contributed by atoms with Gasteiger partial charge in [-0.1, -0.05) is 29.3 Å². The van der Waals surface area contributed by atoms with Gasteiger partial charge in [-0.05, 0) is 12.1 Å². The van der Waals surface area contributed by atoms with Crippen molar-refractivity contribution in [3.8, 4) is 0 Å². The smallest absolute Gasteiger partial charge is 0.306 e. The van der Waals surface area contributed by atoms with Gasteiger partial charge < -0.3 is 4.57 Å². The van der Waals surface area contributed by atoms with Gasteiger partial charge in [0.2, 0.25) is 5.95 Å². The van der Waals surface area contributed by atoms with Gasteiger partial charge in [0.15, 0.2) is 11.2 Å². The summed E-state index contributed by atoms with van der Waals surface area (Å²) < 4.78 is 3.88. The normalized spacial score (nSPS) is 11.6. The van der Waals surface area contributed by atoms with Crippen molar-refractivity contribution in [2.45, 2.75) is 0 Å². The van der Waals surface area contributed by atoms with Gasteiger partial charge in [0.1, 0.15) is 0 Å². The molecule has 0 amide bonds. The fourth-order valence-corrected chi connectivity index (χ4v) is 2.84. The van der Waals surface area contributed by atoms with Crippen molar-refractivity contribution in [3.05, 3.63) is 54.6 Å². The number of fused-ring (bicyclic) bond motifs is 1. The van der Waals surface area contributed by atoms with E-state index in [1.807, 2.05) is 0 Å². The molecule has 2 aromatic heterocycles. The first kappa shape index (κ1) is 17.2. The molecule has 0 spiro atoms. The standard InChI is InChI=1S/C15H14Cl2N6O2/c1-21-11-12(22(2)15(25)23(3)13(11)24)19-14(21)20-18-7-8-4-5-9(16)6-10(8)17/h4-7H,1-3H3,(H,19,20). The van der Waals surface area contributed by atoms with Gasteiger partial charge in [-0.15, -0.1) is 0 Å². The third kappa shape index (κ3) is 2.94. The van der Waals surface area contributed by atoms with Crippen LogP contribution < -0.4 is 16.7 Å². The Morgan fingerprint density at radius 1 is 1.12 bits per heavy atom. The molecule has 130 valence electrons. The number of aryl methyl sites for hydroxylation is 2. The van der Waals surface area contributed by atoms with E-state index in [1.54, 1.807) is 32.3 Å². The van der Waals surface area contributed by atoms with Crippen LogP contribution in [0.2, 0.25) is 10.0 Å². The van der Waals surface area contributed by atoms with Gasteiger partial charge in [-0.2, -0.15) is 10.1 Å². The minimum Gasteiger partial charge on any atom is -0.306 e. The fourth-order valence-electron chi connectivity index (χ4n) is 2.38. The molecule has 3 rings (SSSR count). The van der Waals surface area contributed by atoms with Gasteiger partial charge >= 0.3 is 5.69 Å². The zero-order valence-electron chi connectivity index (χ0n) is 13.6. The van der Waals surface area contributed by atoms with Crippen LogP contribution in [0.15, 0.2) is 32.9 Å². The van der Waals surface area contributed by atoms with E-state index in [9.17, 15) is 9.59 Å². The van der Waals surface area contributed by atoms with Crippen molar-refractivity contribution in [1.29, 1.82) is 0 Å². The van der Waals surface area contributed by atoms with E-state index in [2.05, 4.69) is 15.5 Å². The Kier molecular flexibility index (Phi) is 4.40. The Morgan fingerprint density at radius 3 is 2.52 bits per heavy atom. The summed E-state index contributed by atoms with van der Waals surface area (Å²) in [5, 5.41) is 5.07. The second kappa shape index (κ2) is 6.38. The molecule has 0 bridgehead atoms. The minimum atomic E-state index is -0.446. The van der Waals surface area contributed by atoms with Crippen LogP contribution in [-0.4, -0.2) is 24.9 Å². The van der Waals surface area contributed by atoms with Crippen molar-refractivity contribution in [3.63, 3.8) is 0 Å². The molecule has 0 radical (unpaired) electrons. The van der Waals surface area contributed by atoms with E-state index < -0.39 is 11.2 Å². The molecule has 0 saturated carbocycles. The van der Waals surface area contributed by atoms with Gasteiger partial charge in [-0.25, -0.2) is 10.2 Å². The van der Waals surface area contributed by atoms with Crippen molar-refractivity contribution in [1.82, 2.24) is 18.7 Å². The van der Waals surface area contributed by atoms with Gasteiger partial charge in [0, 0.05) is 31.7 Å². The summed E-state index contributed by atoms with van der Waals surface area (Å²) in [6.07, 6.45) is 1.51. The molecule has 8 nitrogen and oxygen atoms in total. The molecule has 0 fully saturated rings. The van der Waals surface area contributed by atoms with Crippen molar-refractivity contribution >= 4 is 46.5 Å². The Labute approximate surface area is 151 Å². The van der Waals surface area contributed by atoms with Crippen LogP contribution in [0.1, 0.15) is 5.56 Å². The number of hydrogen-bond donors (Lipinski definition) is 1. The average Bonchev–Trinajstić information content (AvgIpc) is 2.90. The van der Waals surface area contributed by atoms with Crippen LogP contribution >= 0.6 is 23.2 Å². The number of aromatic nitrogens is 4. The molecule has 25 heavy (non-hydrogen) atoms. The zero-order valence-corrected chi connectivity index (χ0v) is 15.1. The number of rotatable bonds is 3. The van der Waals surface area contributed by atoms with Crippen LogP contribution in [0.5, 0.6) is 0 Å². The summed E-state index contributed by atoms with van der Waals surface area (Å²) in [6.45, 7) is 0. The molecule has 0 aliphatic carbocycles. The SMILES string of the molecule is Cn1c(=O)c2c(nc(NN=Cc3ccc(Cl)cc3Cl)n2C)n(C)c1=O. The monoisotopic (exact) mass is 380 g/mol. The zero-order chi connectivity index (χ0) is 18.3. The third-order valence-electron chi connectivity index (χ3n) is 3.81. The first-order valence-electron chi connectivity index (χ1n) is 7.18. The number of nitrogens with zero attached hydrogens (tertiary/aromatic N) is 5. The molecule has 2 heterocycles. The van der Waals surface area contributed by atoms with E-state index >= 15 is 0 Å². The van der Waals surface area contributed by atoms with Crippen molar-refractivity contribution in [2.24, 2.45) is 26.2 Å². The van der Waals surface area contributed by atoms with Gasteiger partial charge in [0.05, 0.1) is 11.2 Å². The Balaban J connectivity index is 2.00. The minimum absolute atomic E-state index is 0.276. The Hall–Kier alpha value is -2.58. The topological polar surface area (TPSA) is 86.2 Å². The highest BCUT2D eigenvalue weighted by Crippen LogP contribution is 2.19. The maximum absolute atomic E-state index is 12.3. The first-order chi connectivity index (χ1) is 11.8. The lowest BCUT2D eigenvalue weighted by Gasteiger charge is -2.03. The molecule has 0 aliphatic heterocycles. The number of imidazole rings is 1. The predicted octanol–water partition coefficient (Wildman–Crippen LogP) is 1.72. The maximum Gasteiger partial charge on any atom is 0.332 e. The first-order valence-corrected chi connectivity index (χ1v) is 7.93. The molecule has 0 saturated heterocycles. The lowest BCUT2D eigenvalue weighted by molar-refractivity contribution is 0.705. The Bertz CT molecular complexity index is 1130. The van der Waals surface area contributed by atoms with Crippen LogP contribution in [0, 0.1) is 0 Å². The predicted molar refractivity (Wildman–Crippen MR) is 98.9 cm³/mol. The molecule has 0 aliphatic rings.